The van der Waals surface area contributed by atoms with Crippen LogP contribution in [0.5, 0.6) is 17.2 Å². The van der Waals surface area contributed by atoms with Gasteiger partial charge in [0.2, 0.25) is 0 Å². The molecule has 0 unspecified atom stereocenters. The van der Waals surface area contributed by atoms with Crippen LogP contribution in [0.2, 0.25) is 0 Å². The van der Waals surface area contributed by atoms with Gasteiger partial charge in [-0.2, -0.15) is 0 Å². The van der Waals surface area contributed by atoms with Crippen molar-refractivity contribution in [3.05, 3.63) is 47.0 Å². The zero-order valence-electron chi connectivity index (χ0n) is 14.4. The van der Waals surface area contributed by atoms with Crippen LogP contribution in [0.25, 0.3) is 0 Å². The fourth-order valence-corrected chi connectivity index (χ4v) is 2.93. The molecule has 0 aliphatic carbocycles. The standard InChI is InChI=1S/C18H19BO6/c1-22-13-8-16(23-2)18(17(9-13)24-3)15(20)7-11-4-5-12-10-25-19(21)14(12)6-11/h4-6,8-9,21H,7,10H2,1-3H3. The lowest BCUT2D eigenvalue weighted by atomic mass is 9.78. The topological polar surface area (TPSA) is 74.2 Å². The van der Waals surface area contributed by atoms with Gasteiger partial charge in [-0.3, -0.25) is 4.79 Å². The molecule has 0 amide bonds. The summed E-state index contributed by atoms with van der Waals surface area (Å²) in [6.07, 6.45) is 0.152. The second-order valence-corrected chi connectivity index (χ2v) is 5.70. The molecule has 130 valence electrons. The predicted octanol–water partition coefficient (Wildman–Crippen LogP) is 1.36. The van der Waals surface area contributed by atoms with E-state index in [9.17, 15) is 9.82 Å². The summed E-state index contributed by atoms with van der Waals surface area (Å²) >= 11 is 0. The van der Waals surface area contributed by atoms with Crippen LogP contribution in [0.3, 0.4) is 0 Å². The van der Waals surface area contributed by atoms with Crippen LogP contribution in [0.1, 0.15) is 21.5 Å². The molecule has 0 saturated heterocycles. The predicted molar refractivity (Wildman–Crippen MR) is 93.0 cm³/mol. The number of carbonyl (C=O) groups is 1. The Bertz CT molecular complexity index is 779. The molecular formula is C18H19BO6. The first-order valence-corrected chi connectivity index (χ1v) is 7.82. The lowest BCUT2D eigenvalue weighted by Crippen LogP contribution is -2.28. The molecule has 1 heterocycles. The molecule has 2 aromatic carbocycles. The number of fused-ring (bicyclic) bond motifs is 1. The van der Waals surface area contributed by atoms with E-state index in [1.165, 1.54) is 21.3 Å². The second-order valence-electron chi connectivity index (χ2n) is 5.70. The van der Waals surface area contributed by atoms with Crippen molar-refractivity contribution in [3.63, 3.8) is 0 Å². The third kappa shape index (κ3) is 3.33. The van der Waals surface area contributed by atoms with Gasteiger partial charge >= 0.3 is 7.12 Å². The van der Waals surface area contributed by atoms with Gasteiger partial charge in [-0.25, -0.2) is 0 Å². The Morgan fingerprint density at radius 1 is 1.12 bits per heavy atom. The van der Waals surface area contributed by atoms with Crippen molar-refractivity contribution in [1.82, 2.24) is 0 Å². The Hall–Kier alpha value is -2.51. The van der Waals surface area contributed by atoms with Gasteiger partial charge in [-0.15, -0.1) is 0 Å². The molecule has 0 atom stereocenters. The second kappa shape index (κ2) is 7.17. The number of benzene rings is 2. The number of ketones is 1. The van der Waals surface area contributed by atoms with E-state index in [1.807, 2.05) is 12.1 Å². The normalized spacial score (nSPS) is 12.7. The Balaban J connectivity index is 1.92. The van der Waals surface area contributed by atoms with E-state index in [1.54, 1.807) is 18.2 Å². The molecule has 0 radical (unpaired) electrons. The van der Waals surface area contributed by atoms with E-state index >= 15 is 0 Å². The van der Waals surface area contributed by atoms with E-state index in [0.717, 1.165) is 11.1 Å². The van der Waals surface area contributed by atoms with Gasteiger partial charge in [0.25, 0.3) is 0 Å². The van der Waals surface area contributed by atoms with E-state index in [4.69, 9.17) is 18.9 Å². The summed E-state index contributed by atoms with van der Waals surface area (Å²) in [7, 11) is 3.59. The molecular weight excluding hydrogens is 323 g/mol. The minimum absolute atomic E-state index is 0.148. The maximum atomic E-state index is 12.9. The van der Waals surface area contributed by atoms with Gasteiger partial charge in [0.1, 0.15) is 22.8 Å². The number of hydrogen-bond donors (Lipinski definition) is 1. The highest BCUT2D eigenvalue weighted by Crippen LogP contribution is 2.35. The first kappa shape index (κ1) is 17.3. The lowest BCUT2D eigenvalue weighted by Gasteiger charge is -2.14. The number of ether oxygens (including phenoxy) is 3. The van der Waals surface area contributed by atoms with Crippen molar-refractivity contribution < 1.29 is 28.7 Å². The van der Waals surface area contributed by atoms with Crippen LogP contribution in [-0.4, -0.2) is 39.3 Å². The molecule has 3 rings (SSSR count). The average Bonchev–Trinajstić information content (AvgIpc) is 3.00. The van der Waals surface area contributed by atoms with E-state index in [0.29, 0.717) is 34.9 Å². The third-order valence-corrected chi connectivity index (χ3v) is 4.23. The lowest BCUT2D eigenvalue weighted by molar-refractivity contribution is 0.0987. The number of Topliss-reactive ketones (excluding diaryl/α,β-unsaturated/α-hetero) is 1. The summed E-state index contributed by atoms with van der Waals surface area (Å²) in [6, 6.07) is 8.83. The first-order valence-electron chi connectivity index (χ1n) is 7.82. The maximum Gasteiger partial charge on any atom is 0.491 e. The SMILES string of the molecule is COc1cc(OC)c(C(=O)Cc2ccc3c(c2)B(O)OC3)c(OC)c1. The highest BCUT2D eigenvalue weighted by molar-refractivity contribution is 6.61. The molecule has 0 aromatic heterocycles. The Kier molecular flexibility index (Phi) is 4.97. The summed E-state index contributed by atoms with van der Waals surface area (Å²) in [5.41, 5.74) is 2.79. The van der Waals surface area contributed by atoms with Crippen molar-refractivity contribution in [2.45, 2.75) is 13.0 Å². The summed E-state index contributed by atoms with van der Waals surface area (Å²) in [5, 5.41) is 9.82. The fourth-order valence-electron chi connectivity index (χ4n) is 2.93. The molecule has 7 heteroatoms. The van der Waals surface area contributed by atoms with Gasteiger partial charge in [0, 0.05) is 18.6 Å². The zero-order valence-corrected chi connectivity index (χ0v) is 14.4. The highest BCUT2D eigenvalue weighted by Gasteiger charge is 2.28. The quantitative estimate of drug-likeness (QED) is 0.631. The smallest absolute Gasteiger partial charge is 0.491 e. The van der Waals surface area contributed by atoms with Crippen LogP contribution in [0.4, 0.5) is 0 Å². The molecule has 0 fully saturated rings. The molecule has 1 aliphatic heterocycles. The molecule has 25 heavy (non-hydrogen) atoms. The first-order chi connectivity index (χ1) is 12.1. The van der Waals surface area contributed by atoms with Gasteiger partial charge in [0.05, 0.1) is 27.9 Å². The summed E-state index contributed by atoms with van der Waals surface area (Å²) < 4.78 is 21.1. The molecule has 0 bridgehead atoms. The largest absolute Gasteiger partial charge is 0.496 e. The Morgan fingerprint density at radius 2 is 1.80 bits per heavy atom. The van der Waals surface area contributed by atoms with Crippen LogP contribution in [-0.2, 0) is 17.7 Å². The number of methoxy groups -OCH3 is 3. The van der Waals surface area contributed by atoms with Gasteiger partial charge in [-0.1, -0.05) is 18.2 Å². The van der Waals surface area contributed by atoms with Crippen LogP contribution in [0, 0.1) is 0 Å². The summed E-state index contributed by atoms with van der Waals surface area (Å²) in [4.78, 5) is 12.9. The van der Waals surface area contributed by atoms with E-state index in [-0.39, 0.29) is 12.2 Å². The van der Waals surface area contributed by atoms with Crippen molar-refractivity contribution in [2.75, 3.05) is 21.3 Å². The number of hydrogen-bond acceptors (Lipinski definition) is 6. The third-order valence-electron chi connectivity index (χ3n) is 4.23. The minimum atomic E-state index is -0.935. The molecule has 2 aromatic rings. The summed E-state index contributed by atoms with van der Waals surface area (Å²) in [6.45, 7) is 0.380. The number of carbonyl (C=O) groups excluding carboxylic acids is 1. The van der Waals surface area contributed by atoms with Crippen LogP contribution in [0.15, 0.2) is 30.3 Å². The van der Waals surface area contributed by atoms with Crippen molar-refractivity contribution >= 4 is 18.4 Å². The zero-order chi connectivity index (χ0) is 18.0. The van der Waals surface area contributed by atoms with Crippen LogP contribution >= 0.6 is 0 Å². The monoisotopic (exact) mass is 342 g/mol. The average molecular weight is 342 g/mol. The van der Waals surface area contributed by atoms with Gasteiger partial charge in [0.15, 0.2) is 5.78 Å². The molecule has 1 aliphatic rings. The Morgan fingerprint density at radius 3 is 2.40 bits per heavy atom. The summed E-state index contributed by atoms with van der Waals surface area (Å²) in [5.74, 6) is 1.18. The van der Waals surface area contributed by atoms with Gasteiger partial charge in [-0.05, 0) is 16.6 Å². The van der Waals surface area contributed by atoms with Crippen molar-refractivity contribution in [2.24, 2.45) is 0 Å². The molecule has 0 spiro atoms. The van der Waals surface area contributed by atoms with Crippen LogP contribution < -0.4 is 19.7 Å². The molecule has 0 saturated carbocycles. The Labute approximate surface area is 146 Å². The van der Waals surface area contributed by atoms with E-state index < -0.39 is 7.12 Å². The molecule has 1 N–H and O–H groups in total. The maximum absolute atomic E-state index is 12.9. The van der Waals surface area contributed by atoms with Gasteiger partial charge < -0.3 is 23.9 Å². The fraction of sp³-hybridized carbons (Fsp3) is 0.278. The molecule has 6 nitrogen and oxygen atoms in total. The van der Waals surface area contributed by atoms with E-state index in [2.05, 4.69) is 0 Å². The highest BCUT2D eigenvalue weighted by atomic mass is 16.5. The minimum Gasteiger partial charge on any atom is -0.496 e. The van der Waals surface area contributed by atoms with Crippen molar-refractivity contribution in [1.29, 1.82) is 0 Å². The number of rotatable bonds is 6. The van der Waals surface area contributed by atoms with Crippen molar-refractivity contribution in [3.8, 4) is 17.2 Å².